The molecule has 23 heavy (non-hydrogen) atoms. The Hall–Kier alpha value is -2.23. The van der Waals surface area contributed by atoms with Gasteiger partial charge in [0.2, 0.25) is 5.91 Å². The van der Waals surface area contributed by atoms with Gasteiger partial charge in [-0.2, -0.15) is 0 Å². The number of aromatic nitrogens is 2. The zero-order valence-corrected chi connectivity index (χ0v) is 13.7. The van der Waals surface area contributed by atoms with Crippen LogP contribution in [-0.2, 0) is 10.3 Å². The number of amides is 1. The maximum atomic E-state index is 12.8. The van der Waals surface area contributed by atoms with Gasteiger partial charge < -0.3 is 5.32 Å². The lowest BCUT2D eigenvalue weighted by atomic mass is 9.86. The van der Waals surface area contributed by atoms with Crippen LogP contribution in [-0.4, -0.2) is 15.9 Å². The summed E-state index contributed by atoms with van der Waals surface area (Å²) in [7, 11) is 0. The maximum Gasteiger partial charge on any atom is 0.228 e. The number of carbonyl (C=O) groups excluding carboxylic acids is 1. The maximum absolute atomic E-state index is 12.8. The first-order valence-corrected chi connectivity index (χ1v) is 8.25. The number of carbonyl (C=O) groups is 1. The number of benzene rings is 1. The van der Waals surface area contributed by atoms with Gasteiger partial charge >= 0.3 is 0 Å². The first-order chi connectivity index (χ1) is 11.1. The van der Waals surface area contributed by atoms with Crippen molar-refractivity contribution in [3.8, 4) is 0 Å². The van der Waals surface area contributed by atoms with Gasteiger partial charge in [0.15, 0.2) is 0 Å². The van der Waals surface area contributed by atoms with Crippen LogP contribution in [0.25, 0.3) is 0 Å². The molecule has 1 unspecified atom stereocenters. The van der Waals surface area contributed by atoms with E-state index in [9.17, 15) is 4.79 Å². The predicted octanol–water partition coefficient (Wildman–Crippen LogP) is 3.47. The zero-order chi connectivity index (χ0) is 16.3. The largest absolute Gasteiger partial charge is 0.346 e. The summed E-state index contributed by atoms with van der Waals surface area (Å²) in [4.78, 5) is 20.8. The highest BCUT2D eigenvalue weighted by Crippen LogP contribution is 2.39. The Morgan fingerprint density at radius 1 is 1.22 bits per heavy atom. The van der Waals surface area contributed by atoms with Crippen molar-refractivity contribution in [3.05, 3.63) is 59.7 Å². The third-order valence-electron chi connectivity index (χ3n) is 4.86. The molecule has 0 spiro atoms. The van der Waals surface area contributed by atoms with Crippen molar-refractivity contribution in [2.75, 3.05) is 0 Å². The molecule has 0 radical (unpaired) electrons. The minimum Gasteiger partial charge on any atom is -0.346 e. The number of hydrogen-bond acceptors (Lipinski definition) is 3. The Balaban J connectivity index is 1.84. The molecule has 1 atom stereocenters. The van der Waals surface area contributed by atoms with E-state index in [1.165, 1.54) is 17.5 Å². The highest BCUT2D eigenvalue weighted by molar-refractivity contribution is 5.84. The van der Waals surface area contributed by atoms with Crippen LogP contribution in [0.2, 0.25) is 0 Å². The highest BCUT2D eigenvalue weighted by Gasteiger charge is 2.38. The molecule has 0 saturated heterocycles. The fourth-order valence-electron chi connectivity index (χ4n) is 3.44. The average molecular weight is 309 g/mol. The summed E-state index contributed by atoms with van der Waals surface area (Å²) in [5.41, 5.74) is 3.07. The summed E-state index contributed by atoms with van der Waals surface area (Å²) in [6, 6.07) is 8.50. The van der Waals surface area contributed by atoms with Gasteiger partial charge in [-0.15, -0.1) is 0 Å². The molecule has 1 aliphatic carbocycles. The van der Waals surface area contributed by atoms with Crippen molar-refractivity contribution in [3.63, 3.8) is 0 Å². The van der Waals surface area contributed by atoms with E-state index in [2.05, 4.69) is 46.5 Å². The molecule has 1 saturated carbocycles. The van der Waals surface area contributed by atoms with E-state index < -0.39 is 0 Å². The lowest BCUT2D eigenvalue weighted by Crippen LogP contribution is -2.45. The van der Waals surface area contributed by atoms with Crippen LogP contribution in [0, 0.1) is 6.92 Å². The van der Waals surface area contributed by atoms with Gasteiger partial charge in [0.05, 0.1) is 11.5 Å². The van der Waals surface area contributed by atoms with Crippen molar-refractivity contribution in [2.45, 2.75) is 51.0 Å². The lowest BCUT2D eigenvalue weighted by Gasteiger charge is -2.32. The SMILES string of the molecule is Cc1cccc(C2(NC(=O)C(C)c3cncnc3)CCCC2)c1. The van der Waals surface area contributed by atoms with Crippen LogP contribution >= 0.6 is 0 Å². The van der Waals surface area contributed by atoms with E-state index in [-0.39, 0.29) is 17.4 Å². The summed E-state index contributed by atoms with van der Waals surface area (Å²) in [5.74, 6) is -0.207. The Morgan fingerprint density at radius 3 is 2.57 bits per heavy atom. The van der Waals surface area contributed by atoms with E-state index in [0.717, 1.165) is 31.2 Å². The van der Waals surface area contributed by atoms with E-state index in [1.54, 1.807) is 12.4 Å². The molecule has 3 rings (SSSR count). The fourth-order valence-corrected chi connectivity index (χ4v) is 3.44. The molecular weight excluding hydrogens is 286 g/mol. The molecule has 1 N–H and O–H groups in total. The van der Waals surface area contributed by atoms with Crippen LogP contribution in [0.5, 0.6) is 0 Å². The molecule has 1 heterocycles. The Kier molecular flexibility index (Phi) is 4.42. The van der Waals surface area contributed by atoms with Crippen LogP contribution in [0.1, 0.15) is 55.2 Å². The molecule has 4 nitrogen and oxygen atoms in total. The van der Waals surface area contributed by atoms with Gasteiger partial charge in [0, 0.05) is 18.0 Å². The molecule has 1 fully saturated rings. The minimum absolute atomic E-state index is 0.0446. The number of aryl methyl sites for hydroxylation is 1. The molecule has 4 heteroatoms. The van der Waals surface area contributed by atoms with Crippen LogP contribution in [0.3, 0.4) is 0 Å². The molecular formula is C19H23N3O. The molecule has 1 aromatic heterocycles. The number of nitrogens with zero attached hydrogens (tertiary/aromatic N) is 2. The lowest BCUT2D eigenvalue weighted by molar-refractivity contribution is -0.124. The third kappa shape index (κ3) is 3.26. The average Bonchev–Trinajstić information content (AvgIpc) is 3.04. The van der Waals surface area contributed by atoms with E-state index in [1.807, 2.05) is 6.92 Å². The molecule has 0 aliphatic heterocycles. The predicted molar refractivity (Wildman–Crippen MR) is 89.9 cm³/mol. The van der Waals surface area contributed by atoms with E-state index in [4.69, 9.17) is 0 Å². The van der Waals surface area contributed by atoms with Crippen molar-refractivity contribution < 1.29 is 4.79 Å². The summed E-state index contributed by atoms with van der Waals surface area (Å²) in [6.45, 7) is 4.00. The van der Waals surface area contributed by atoms with Crippen LogP contribution in [0.15, 0.2) is 43.0 Å². The quantitative estimate of drug-likeness (QED) is 0.941. The number of hydrogen-bond donors (Lipinski definition) is 1. The number of nitrogens with one attached hydrogen (secondary N) is 1. The summed E-state index contributed by atoms with van der Waals surface area (Å²) >= 11 is 0. The molecule has 0 bridgehead atoms. The van der Waals surface area contributed by atoms with E-state index >= 15 is 0 Å². The van der Waals surface area contributed by atoms with Gasteiger partial charge in [0.25, 0.3) is 0 Å². The molecule has 1 aromatic carbocycles. The smallest absolute Gasteiger partial charge is 0.228 e. The van der Waals surface area contributed by atoms with Crippen molar-refractivity contribution in [1.29, 1.82) is 0 Å². The summed E-state index contributed by atoms with van der Waals surface area (Å²) < 4.78 is 0. The van der Waals surface area contributed by atoms with Gasteiger partial charge in [-0.1, -0.05) is 42.7 Å². The minimum atomic E-state index is -0.251. The first kappa shape index (κ1) is 15.7. The normalized spacial score (nSPS) is 17.7. The highest BCUT2D eigenvalue weighted by atomic mass is 16.2. The standard InChI is InChI=1S/C19H23N3O/c1-14-6-5-7-17(10-14)19(8-3-4-9-19)22-18(23)15(2)16-11-20-13-21-12-16/h5-7,10-13,15H,3-4,8-9H2,1-2H3,(H,22,23). The summed E-state index contributed by atoms with van der Waals surface area (Å²) in [6.07, 6.45) is 9.21. The van der Waals surface area contributed by atoms with Gasteiger partial charge in [-0.25, -0.2) is 9.97 Å². The second kappa shape index (κ2) is 6.49. The van der Waals surface area contributed by atoms with Gasteiger partial charge in [-0.05, 0) is 32.3 Å². The Labute approximate surface area is 137 Å². The summed E-state index contributed by atoms with van der Waals surface area (Å²) in [5, 5.41) is 3.34. The molecule has 2 aromatic rings. The Bertz CT molecular complexity index is 678. The van der Waals surface area contributed by atoms with Gasteiger partial charge in [0.1, 0.15) is 6.33 Å². The molecule has 120 valence electrons. The van der Waals surface area contributed by atoms with Crippen molar-refractivity contribution in [2.24, 2.45) is 0 Å². The fraction of sp³-hybridized carbons (Fsp3) is 0.421. The molecule has 1 aliphatic rings. The van der Waals surface area contributed by atoms with Crippen molar-refractivity contribution >= 4 is 5.91 Å². The third-order valence-corrected chi connectivity index (χ3v) is 4.86. The Morgan fingerprint density at radius 2 is 1.91 bits per heavy atom. The van der Waals surface area contributed by atoms with Crippen molar-refractivity contribution in [1.82, 2.24) is 15.3 Å². The van der Waals surface area contributed by atoms with Gasteiger partial charge in [-0.3, -0.25) is 4.79 Å². The van der Waals surface area contributed by atoms with E-state index in [0.29, 0.717) is 0 Å². The van der Waals surface area contributed by atoms with Crippen LogP contribution in [0.4, 0.5) is 0 Å². The second-order valence-corrected chi connectivity index (χ2v) is 6.54. The zero-order valence-electron chi connectivity index (χ0n) is 13.7. The topological polar surface area (TPSA) is 54.9 Å². The first-order valence-electron chi connectivity index (χ1n) is 8.25. The van der Waals surface area contributed by atoms with Crippen LogP contribution < -0.4 is 5.32 Å². The second-order valence-electron chi connectivity index (χ2n) is 6.54. The molecule has 1 amide bonds. The monoisotopic (exact) mass is 309 g/mol. The number of rotatable bonds is 4.